The van der Waals surface area contributed by atoms with Crippen LogP contribution in [0.5, 0.6) is 0 Å². The van der Waals surface area contributed by atoms with E-state index in [1.165, 1.54) is 16.1 Å². The molecule has 0 spiro atoms. The summed E-state index contributed by atoms with van der Waals surface area (Å²) in [5, 5.41) is 4.96. The van der Waals surface area contributed by atoms with Gasteiger partial charge in [0.15, 0.2) is 0 Å². The van der Waals surface area contributed by atoms with Crippen LogP contribution >= 0.6 is 11.3 Å². The number of para-hydroxylation sites is 1. The number of carbonyl (C=O) groups is 1. The van der Waals surface area contributed by atoms with Gasteiger partial charge in [0, 0.05) is 43.2 Å². The molecule has 3 heterocycles. The predicted molar refractivity (Wildman–Crippen MR) is 119 cm³/mol. The smallest absolute Gasteiger partial charge is 0.225 e. The first-order chi connectivity index (χ1) is 14.2. The summed E-state index contributed by atoms with van der Waals surface area (Å²) < 4.78 is 0. The van der Waals surface area contributed by atoms with Gasteiger partial charge in [0.25, 0.3) is 0 Å². The van der Waals surface area contributed by atoms with E-state index in [-0.39, 0.29) is 5.91 Å². The number of hydrogen-bond donors (Lipinski definition) is 1. The number of benzene rings is 1. The summed E-state index contributed by atoms with van der Waals surface area (Å²) in [5.74, 6) is 0.704. The van der Waals surface area contributed by atoms with E-state index in [9.17, 15) is 4.79 Å². The Hall–Kier alpha value is -2.93. The lowest BCUT2D eigenvalue weighted by Crippen LogP contribution is -2.47. The molecule has 4 rings (SSSR count). The molecule has 3 aromatic rings. The van der Waals surface area contributed by atoms with Gasteiger partial charge in [0.05, 0.1) is 18.1 Å². The number of rotatable bonds is 6. The molecule has 0 bridgehead atoms. The number of anilines is 3. The number of aromatic nitrogens is 2. The molecule has 0 atom stereocenters. The van der Waals surface area contributed by atoms with Crippen LogP contribution < -0.4 is 15.1 Å². The van der Waals surface area contributed by atoms with Crippen molar-refractivity contribution in [3.63, 3.8) is 0 Å². The second kappa shape index (κ2) is 9.05. The summed E-state index contributed by atoms with van der Waals surface area (Å²) in [5.41, 5.74) is 3.15. The molecule has 1 N–H and O–H groups in total. The van der Waals surface area contributed by atoms with Crippen LogP contribution in [-0.4, -0.2) is 42.1 Å². The van der Waals surface area contributed by atoms with Crippen molar-refractivity contribution in [2.24, 2.45) is 0 Å². The third-order valence-electron chi connectivity index (χ3n) is 5.15. The lowest BCUT2D eigenvalue weighted by molar-refractivity contribution is -0.116. The SMILES string of the molecule is Cc1ccsc1CCC(=O)Nc1cnc(N2CCN(c3ccccc3)CC2)nc1. The largest absolute Gasteiger partial charge is 0.368 e. The Morgan fingerprint density at radius 3 is 2.38 bits per heavy atom. The number of hydrogen-bond acceptors (Lipinski definition) is 6. The Morgan fingerprint density at radius 2 is 1.72 bits per heavy atom. The average Bonchev–Trinajstić information content (AvgIpc) is 3.18. The molecule has 2 aromatic heterocycles. The minimum Gasteiger partial charge on any atom is -0.368 e. The van der Waals surface area contributed by atoms with Gasteiger partial charge in [-0.1, -0.05) is 18.2 Å². The fourth-order valence-corrected chi connectivity index (χ4v) is 4.37. The minimum atomic E-state index is -0.00868. The number of aryl methyl sites for hydroxylation is 2. The monoisotopic (exact) mass is 407 g/mol. The lowest BCUT2D eigenvalue weighted by Gasteiger charge is -2.36. The fourth-order valence-electron chi connectivity index (χ4n) is 3.46. The van der Waals surface area contributed by atoms with Crippen LogP contribution in [0.2, 0.25) is 0 Å². The number of piperazine rings is 1. The van der Waals surface area contributed by atoms with Crippen molar-refractivity contribution in [3.05, 3.63) is 64.6 Å². The Labute approximate surface area is 175 Å². The summed E-state index contributed by atoms with van der Waals surface area (Å²) in [6.45, 7) is 5.71. The van der Waals surface area contributed by atoms with Gasteiger partial charge in [0.2, 0.25) is 11.9 Å². The van der Waals surface area contributed by atoms with E-state index >= 15 is 0 Å². The van der Waals surface area contributed by atoms with Crippen molar-refractivity contribution in [1.29, 1.82) is 0 Å². The van der Waals surface area contributed by atoms with E-state index in [1.807, 2.05) is 6.07 Å². The molecular weight excluding hydrogens is 382 g/mol. The van der Waals surface area contributed by atoms with Crippen LogP contribution in [0.15, 0.2) is 54.2 Å². The van der Waals surface area contributed by atoms with E-state index in [0.717, 1.165) is 32.6 Å². The molecule has 1 amide bonds. The molecule has 0 aliphatic carbocycles. The number of nitrogens with zero attached hydrogens (tertiary/aromatic N) is 4. The first-order valence-corrected chi connectivity index (χ1v) is 10.8. The van der Waals surface area contributed by atoms with Crippen molar-refractivity contribution in [3.8, 4) is 0 Å². The number of thiophene rings is 1. The van der Waals surface area contributed by atoms with E-state index in [0.29, 0.717) is 18.1 Å². The number of carbonyl (C=O) groups excluding carboxylic acids is 1. The third kappa shape index (κ3) is 4.92. The molecule has 1 aliphatic heterocycles. The van der Waals surface area contributed by atoms with Gasteiger partial charge in [-0.2, -0.15) is 0 Å². The molecule has 29 heavy (non-hydrogen) atoms. The zero-order valence-electron chi connectivity index (χ0n) is 16.5. The molecule has 6 nitrogen and oxygen atoms in total. The predicted octanol–water partition coefficient (Wildman–Crippen LogP) is 3.74. The summed E-state index contributed by atoms with van der Waals surface area (Å²) in [6.07, 6.45) is 4.62. The van der Waals surface area contributed by atoms with Gasteiger partial charge in [-0.15, -0.1) is 11.3 Å². The summed E-state index contributed by atoms with van der Waals surface area (Å²) in [4.78, 5) is 26.9. The van der Waals surface area contributed by atoms with E-state index in [1.54, 1.807) is 23.7 Å². The van der Waals surface area contributed by atoms with E-state index in [2.05, 4.69) is 67.7 Å². The Bertz CT molecular complexity index is 933. The summed E-state index contributed by atoms with van der Waals surface area (Å²) in [7, 11) is 0. The first-order valence-electron chi connectivity index (χ1n) is 9.89. The highest BCUT2D eigenvalue weighted by atomic mass is 32.1. The highest BCUT2D eigenvalue weighted by molar-refractivity contribution is 7.10. The molecular formula is C22H25N5OS. The average molecular weight is 408 g/mol. The van der Waals surface area contributed by atoms with Crippen LogP contribution in [0.25, 0.3) is 0 Å². The highest BCUT2D eigenvalue weighted by Gasteiger charge is 2.19. The van der Waals surface area contributed by atoms with Crippen LogP contribution in [0, 0.1) is 6.92 Å². The fraction of sp³-hybridized carbons (Fsp3) is 0.318. The van der Waals surface area contributed by atoms with E-state index < -0.39 is 0 Å². The number of amides is 1. The normalized spacial score (nSPS) is 14.1. The second-order valence-corrected chi connectivity index (χ2v) is 8.16. The Morgan fingerprint density at radius 1 is 1.03 bits per heavy atom. The van der Waals surface area contributed by atoms with Crippen molar-refractivity contribution in [2.45, 2.75) is 19.8 Å². The molecule has 150 valence electrons. The first kappa shape index (κ1) is 19.4. The lowest BCUT2D eigenvalue weighted by atomic mass is 10.2. The van der Waals surface area contributed by atoms with Gasteiger partial charge in [-0.05, 0) is 42.5 Å². The van der Waals surface area contributed by atoms with Gasteiger partial charge in [-0.3, -0.25) is 4.79 Å². The van der Waals surface area contributed by atoms with Gasteiger partial charge >= 0.3 is 0 Å². The topological polar surface area (TPSA) is 61.4 Å². The molecule has 1 saturated heterocycles. The molecule has 1 fully saturated rings. The third-order valence-corrected chi connectivity index (χ3v) is 6.24. The van der Waals surface area contributed by atoms with Gasteiger partial charge in [0.1, 0.15) is 0 Å². The maximum Gasteiger partial charge on any atom is 0.225 e. The zero-order valence-corrected chi connectivity index (χ0v) is 17.4. The van der Waals surface area contributed by atoms with Crippen LogP contribution in [0.4, 0.5) is 17.3 Å². The molecule has 1 aliphatic rings. The minimum absolute atomic E-state index is 0.00868. The quantitative estimate of drug-likeness (QED) is 0.674. The van der Waals surface area contributed by atoms with Crippen LogP contribution in [-0.2, 0) is 11.2 Å². The number of nitrogens with one attached hydrogen (secondary N) is 1. The van der Waals surface area contributed by atoms with Crippen molar-refractivity contribution in [1.82, 2.24) is 9.97 Å². The standard InChI is InChI=1S/C22H25N5OS/c1-17-9-14-29-20(17)7-8-21(28)25-18-15-23-22(24-16-18)27-12-10-26(11-13-27)19-5-3-2-4-6-19/h2-6,9,14-16H,7-8,10-13H2,1H3,(H,25,28). The van der Waals surface area contributed by atoms with Crippen molar-refractivity contribution < 1.29 is 4.79 Å². The Balaban J connectivity index is 1.27. The summed E-state index contributed by atoms with van der Waals surface area (Å²) in [6, 6.07) is 12.5. The maximum atomic E-state index is 12.2. The molecule has 7 heteroatoms. The zero-order chi connectivity index (χ0) is 20.1. The maximum absolute atomic E-state index is 12.2. The molecule has 0 unspecified atom stereocenters. The highest BCUT2D eigenvalue weighted by Crippen LogP contribution is 2.19. The van der Waals surface area contributed by atoms with Gasteiger partial charge in [-0.25, -0.2) is 9.97 Å². The van der Waals surface area contributed by atoms with E-state index in [4.69, 9.17) is 0 Å². The van der Waals surface area contributed by atoms with Gasteiger partial charge < -0.3 is 15.1 Å². The molecule has 0 saturated carbocycles. The van der Waals surface area contributed by atoms with Crippen molar-refractivity contribution >= 4 is 34.6 Å². The van der Waals surface area contributed by atoms with Crippen LogP contribution in [0.1, 0.15) is 16.9 Å². The van der Waals surface area contributed by atoms with Crippen molar-refractivity contribution in [2.75, 3.05) is 41.3 Å². The molecule has 0 radical (unpaired) electrons. The molecule has 1 aromatic carbocycles. The van der Waals surface area contributed by atoms with Crippen LogP contribution in [0.3, 0.4) is 0 Å². The second-order valence-electron chi connectivity index (χ2n) is 7.16. The summed E-state index contributed by atoms with van der Waals surface area (Å²) >= 11 is 1.70. The Kier molecular flexibility index (Phi) is 6.05.